The minimum atomic E-state index is -0.197. The molecule has 1 aromatic heterocycles. The lowest BCUT2D eigenvalue weighted by atomic mass is 10.1. The molecule has 0 aromatic carbocycles. The Kier molecular flexibility index (Phi) is 2.29. The predicted molar refractivity (Wildman–Crippen MR) is 54.8 cm³/mol. The molecule has 5 heteroatoms. The molecule has 1 aliphatic rings. The molecule has 0 saturated heterocycles. The van der Waals surface area contributed by atoms with Gasteiger partial charge in [0.15, 0.2) is 0 Å². The van der Waals surface area contributed by atoms with Gasteiger partial charge in [-0.05, 0) is 6.42 Å². The van der Waals surface area contributed by atoms with Crippen LogP contribution in [-0.2, 0) is 6.42 Å². The van der Waals surface area contributed by atoms with Gasteiger partial charge in [-0.2, -0.15) is 0 Å². The standard InChI is InChI=1S/C9H10ClN3O/c1-11-9(14)6-4-13-8-5(7(6)10)2-3-12-8/h4H,2-3H2,1H3,(H,11,14)(H,12,13). The van der Waals surface area contributed by atoms with E-state index in [4.69, 9.17) is 11.6 Å². The van der Waals surface area contributed by atoms with Crippen molar-refractivity contribution in [2.24, 2.45) is 0 Å². The summed E-state index contributed by atoms with van der Waals surface area (Å²) in [7, 11) is 1.57. The highest BCUT2D eigenvalue weighted by Gasteiger charge is 2.20. The van der Waals surface area contributed by atoms with Gasteiger partial charge in [-0.25, -0.2) is 4.98 Å². The summed E-state index contributed by atoms with van der Waals surface area (Å²) in [5.74, 6) is 0.597. The Morgan fingerprint density at radius 1 is 1.71 bits per heavy atom. The number of carbonyl (C=O) groups excluding carboxylic acids is 1. The molecule has 0 aliphatic carbocycles. The van der Waals surface area contributed by atoms with Crippen molar-refractivity contribution in [3.8, 4) is 0 Å². The van der Waals surface area contributed by atoms with Crippen molar-refractivity contribution in [2.45, 2.75) is 6.42 Å². The fourth-order valence-corrected chi connectivity index (χ4v) is 1.83. The van der Waals surface area contributed by atoms with Crippen LogP contribution >= 0.6 is 11.6 Å². The Morgan fingerprint density at radius 2 is 2.50 bits per heavy atom. The maximum Gasteiger partial charge on any atom is 0.254 e. The van der Waals surface area contributed by atoms with Gasteiger partial charge in [-0.15, -0.1) is 0 Å². The topological polar surface area (TPSA) is 54.0 Å². The molecule has 2 N–H and O–H groups in total. The van der Waals surface area contributed by atoms with E-state index in [1.807, 2.05) is 0 Å². The largest absolute Gasteiger partial charge is 0.369 e. The third kappa shape index (κ3) is 1.32. The van der Waals surface area contributed by atoms with Gasteiger partial charge in [0.1, 0.15) is 5.82 Å². The van der Waals surface area contributed by atoms with Crippen LogP contribution in [0.2, 0.25) is 5.02 Å². The second kappa shape index (κ2) is 3.46. The molecule has 1 aliphatic heterocycles. The molecule has 2 heterocycles. The smallest absolute Gasteiger partial charge is 0.254 e. The van der Waals surface area contributed by atoms with Crippen molar-refractivity contribution in [3.05, 3.63) is 22.3 Å². The fraction of sp³-hybridized carbons (Fsp3) is 0.333. The number of amides is 1. The van der Waals surface area contributed by atoms with E-state index in [0.29, 0.717) is 10.6 Å². The quantitative estimate of drug-likeness (QED) is 0.731. The minimum Gasteiger partial charge on any atom is -0.369 e. The van der Waals surface area contributed by atoms with E-state index in [9.17, 15) is 4.79 Å². The Balaban J connectivity index is 2.50. The number of nitrogens with zero attached hydrogens (tertiary/aromatic N) is 1. The Labute approximate surface area is 86.7 Å². The lowest BCUT2D eigenvalue weighted by molar-refractivity contribution is 0.0963. The number of aromatic nitrogens is 1. The molecule has 0 saturated carbocycles. The zero-order valence-electron chi connectivity index (χ0n) is 7.72. The van der Waals surface area contributed by atoms with Crippen LogP contribution in [0.25, 0.3) is 0 Å². The van der Waals surface area contributed by atoms with E-state index in [0.717, 1.165) is 24.3 Å². The lowest BCUT2D eigenvalue weighted by Crippen LogP contribution is -2.18. The number of carbonyl (C=O) groups is 1. The highest BCUT2D eigenvalue weighted by Crippen LogP contribution is 2.29. The molecule has 14 heavy (non-hydrogen) atoms. The van der Waals surface area contributed by atoms with Gasteiger partial charge in [0.05, 0.1) is 10.6 Å². The highest BCUT2D eigenvalue weighted by molar-refractivity contribution is 6.35. The minimum absolute atomic E-state index is 0.197. The molecular formula is C9H10ClN3O. The summed E-state index contributed by atoms with van der Waals surface area (Å²) in [4.78, 5) is 15.5. The van der Waals surface area contributed by atoms with Crippen molar-refractivity contribution in [1.29, 1.82) is 0 Å². The first-order chi connectivity index (χ1) is 6.74. The summed E-state index contributed by atoms with van der Waals surface area (Å²) in [6, 6.07) is 0. The van der Waals surface area contributed by atoms with Gasteiger partial charge in [0.25, 0.3) is 5.91 Å². The summed E-state index contributed by atoms with van der Waals surface area (Å²) in [6.07, 6.45) is 2.32. The maximum atomic E-state index is 11.4. The highest BCUT2D eigenvalue weighted by atomic mass is 35.5. The number of rotatable bonds is 1. The lowest BCUT2D eigenvalue weighted by Gasteiger charge is -2.06. The maximum absolute atomic E-state index is 11.4. The first-order valence-electron chi connectivity index (χ1n) is 4.37. The van der Waals surface area contributed by atoms with Gasteiger partial charge in [0.2, 0.25) is 0 Å². The van der Waals surface area contributed by atoms with Crippen LogP contribution in [0.4, 0.5) is 5.82 Å². The van der Waals surface area contributed by atoms with E-state index in [2.05, 4.69) is 15.6 Å². The number of hydrogen-bond donors (Lipinski definition) is 2. The van der Waals surface area contributed by atoms with Gasteiger partial charge >= 0.3 is 0 Å². The predicted octanol–water partition coefficient (Wildman–Crippen LogP) is 1.06. The van der Waals surface area contributed by atoms with E-state index < -0.39 is 0 Å². The molecule has 0 fully saturated rings. The summed E-state index contributed by atoms with van der Waals surface area (Å²) < 4.78 is 0. The molecule has 1 amide bonds. The Bertz CT molecular complexity index is 392. The van der Waals surface area contributed by atoms with Crippen molar-refractivity contribution in [3.63, 3.8) is 0 Å². The van der Waals surface area contributed by atoms with Crippen molar-refractivity contribution >= 4 is 23.3 Å². The first-order valence-corrected chi connectivity index (χ1v) is 4.75. The van der Waals surface area contributed by atoms with E-state index in [1.54, 1.807) is 7.05 Å². The average Bonchev–Trinajstić information content (AvgIpc) is 2.66. The van der Waals surface area contributed by atoms with Gasteiger partial charge < -0.3 is 10.6 Å². The van der Waals surface area contributed by atoms with Crippen LogP contribution in [-0.4, -0.2) is 24.5 Å². The number of fused-ring (bicyclic) bond motifs is 1. The Hall–Kier alpha value is -1.29. The average molecular weight is 212 g/mol. The molecule has 0 atom stereocenters. The second-order valence-electron chi connectivity index (χ2n) is 3.07. The normalized spacial score (nSPS) is 13.3. The first kappa shape index (κ1) is 9.27. The summed E-state index contributed by atoms with van der Waals surface area (Å²) in [6.45, 7) is 0.833. The number of hydrogen-bond acceptors (Lipinski definition) is 3. The van der Waals surface area contributed by atoms with E-state index >= 15 is 0 Å². The van der Waals surface area contributed by atoms with E-state index in [-0.39, 0.29) is 5.91 Å². The van der Waals surface area contributed by atoms with Crippen molar-refractivity contribution in [2.75, 3.05) is 18.9 Å². The SMILES string of the molecule is CNC(=O)c1cnc2c(c1Cl)CCN2. The van der Waals surface area contributed by atoms with Crippen molar-refractivity contribution < 1.29 is 4.79 Å². The fourth-order valence-electron chi connectivity index (χ4n) is 1.51. The van der Waals surface area contributed by atoms with Crippen molar-refractivity contribution in [1.82, 2.24) is 10.3 Å². The van der Waals surface area contributed by atoms with Crippen LogP contribution in [0.5, 0.6) is 0 Å². The summed E-state index contributed by atoms with van der Waals surface area (Å²) >= 11 is 6.09. The zero-order chi connectivity index (χ0) is 10.1. The number of pyridine rings is 1. The number of halogens is 1. The zero-order valence-corrected chi connectivity index (χ0v) is 8.48. The third-order valence-corrected chi connectivity index (χ3v) is 2.68. The van der Waals surface area contributed by atoms with E-state index in [1.165, 1.54) is 6.20 Å². The second-order valence-corrected chi connectivity index (χ2v) is 3.45. The molecule has 0 radical (unpaired) electrons. The summed E-state index contributed by atoms with van der Waals surface area (Å²) in [5.41, 5.74) is 1.38. The molecule has 0 spiro atoms. The molecule has 0 bridgehead atoms. The number of anilines is 1. The third-order valence-electron chi connectivity index (χ3n) is 2.25. The van der Waals surface area contributed by atoms with Crippen LogP contribution in [0, 0.1) is 0 Å². The van der Waals surface area contributed by atoms with Gasteiger partial charge in [-0.3, -0.25) is 4.79 Å². The molecule has 1 aromatic rings. The summed E-state index contributed by atoms with van der Waals surface area (Å²) in [5, 5.41) is 6.14. The molecular weight excluding hydrogens is 202 g/mol. The number of nitrogens with one attached hydrogen (secondary N) is 2. The van der Waals surface area contributed by atoms with Crippen LogP contribution in [0.1, 0.15) is 15.9 Å². The van der Waals surface area contributed by atoms with Crippen LogP contribution < -0.4 is 10.6 Å². The van der Waals surface area contributed by atoms with Crippen LogP contribution in [0.15, 0.2) is 6.20 Å². The molecule has 0 unspecified atom stereocenters. The van der Waals surface area contributed by atoms with Gasteiger partial charge in [-0.1, -0.05) is 11.6 Å². The molecule has 4 nitrogen and oxygen atoms in total. The molecule has 2 rings (SSSR count). The Morgan fingerprint density at radius 3 is 3.21 bits per heavy atom. The van der Waals surface area contributed by atoms with Crippen LogP contribution in [0.3, 0.4) is 0 Å². The van der Waals surface area contributed by atoms with Gasteiger partial charge in [0, 0.05) is 25.4 Å². The molecule has 74 valence electrons. The monoisotopic (exact) mass is 211 g/mol.